The minimum absolute atomic E-state index is 0.307. The van der Waals surface area contributed by atoms with Crippen LogP contribution in [0, 0.1) is 29.1 Å². The van der Waals surface area contributed by atoms with Crippen molar-refractivity contribution in [2.75, 3.05) is 0 Å². The largest absolute Gasteiger partial charge is 0.299 e. The number of hydrogen-bond donors (Lipinski definition) is 0. The molecule has 0 unspecified atom stereocenters. The van der Waals surface area contributed by atoms with Gasteiger partial charge in [0.1, 0.15) is 5.78 Å². The van der Waals surface area contributed by atoms with E-state index in [0.29, 0.717) is 34.9 Å². The van der Waals surface area contributed by atoms with Crippen molar-refractivity contribution in [3.63, 3.8) is 0 Å². The van der Waals surface area contributed by atoms with Crippen LogP contribution in [0.15, 0.2) is 0 Å². The van der Waals surface area contributed by atoms with Crippen LogP contribution in [0.5, 0.6) is 0 Å². The molecule has 2 aliphatic carbocycles. The zero-order chi connectivity index (χ0) is 11.9. The van der Waals surface area contributed by atoms with Gasteiger partial charge in [-0.15, -0.1) is 0 Å². The van der Waals surface area contributed by atoms with E-state index in [-0.39, 0.29) is 0 Å². The highest BCUT2D eigenvalue weighted by atomic mass is 16.1. The summed E-state index contributed by atoms with van der Waals surface area (Å²) in [5.41, 5.74) is 0.307. The fourth-order valence-electron chi connectivity index (χ4n) is 3.86. The first kappa shape index (κ1) is 12.1. The van der Waals surface area contributed by atoms with E-state index in [1.165, 1.54) is 25.7 Å². The predicted octanol–water partition coefficient (Wildman–Crippen LogP) is 4.06. The number of hydrogen-bond acceptors (Lipinski definition) is 1. The molecule has 2 aliphatic rings. The van der Waals surface area contributed by atoms with E-state index in [4.69, 9.17) is 0 Å². The smallest absolute Gasteiger partial charge is 0.136 e. The molecule has 0 aromatic heterocycles. The van der Waals surface area contributed by atoms with Gasteiger partial charge < -0.3 is 0 Å². The Hall–Kier alpha value is -0.330. The average Bonchev–Trinajstić information content (AvgIpc) is 2.15. The summed E-state index contributed by atoms with van der Waals surface area (Å²) in [6, 6.07) is 0. The molecule has 4 atom stereocenters. The van der Waals surface area contributed by atoms with Gasteiger partial charge in [0.05, 0.1) is 0 Å². The number of carbonyl (C=O) groups is 1. The van der Waals surface area contributed by atoms with E-state index in [2.05, 4.69) is 27.7 Å². The van der Waals surface area contributed by atoms with Gasteiger partial charge in [0.25, 0.3) is 0 Å². The summed E-state index contributed by atoms with van der Waals surface area (Å²) in [5.74, 6) is 2.95. The SMILES string of the molecule is C[C@@H]1CCC[C@@H]2C[C@@H](C(C)(C)C)CC(=O)[C@H]21. The van der Waals surface area contributed by atoms with Crippen LogP contribution >= 0.6 is 0 Å². The number of carbonyl (C=O) groups excluding carboxylic acids is 1. The normalized spacial score (nSPS) is 40.6. The Morgan fingerprint density at radius 1 is 1.19 bits per heavy atom. The van der Waals surface area contributed by atoms with Crippen LogP contribution in [0.1, 0.15) is 59.8 Å². The van der Waals surface area contributed by atoms with Gasteiger partial charge in [-0.05, 0) is 36.0 Å². The molecule has 1 nitrogen and oxygen atoms in total. The molecule has 0 aromatic carbocycles. The van der Waals surface area contributed by atoms with Gasteiger partial charge in [-0.25, -0.2) is 0 Å². The average molecular weight is 222 g/mol. The Labute approximate surface area is 100.0 Å². The second-order valence-electron chi connectivity index (χ2n) is 7.16. The van der Waals surface area contributed by atoms with Gasteiger partial charge in [-0.3, -0.25) is 4.79 Å². The van der Waals surface area contributed by atoms with Crippen LogP contribution in [-0.2, 0) is 4.79 Å². The predicted molar refractivity (Wildman–Crippen MR) is 67.2 cm³/mol. The van der Waals surface area contributed by atoms with Crippen molar-refractivity contribution in [3.05, 3.63) is 0 Å². The molecule has 16 heavy (non-hydrogen) atoms. The Bertz CT molecular complexity index is 274. The third kappa shape index (κ3) is 2.19. The summed E-state index contributed by atoms with van der Waals surface area (Å²) in [4.78, 5) is 12.3. The van der Waals surface area contributed by atoms with E-state index < -0.39 is 0 Å². The van der Waals surface area contributed by atoms with Gasteiger partial charge in [0.2, 0.25) is 0 Å². The zero-order valence-electron chi connectivity index (χ0n) is 11.3. The van der Waals surface area contributed by atoms with Gasteiger partial charge in [0.15, 0.2) is 0 Å². The second kappa shape index (κ2) is 4.16. The molecule has 2 rings (SSSR count). The van der Waals surface area contributed by atoms with Crippen molar-refractivity contribution in [1.29, 1.82) is 0 Å². The Balaban J connectivity index is 2.13. The highest BCUT2D eigenvalue weighted by Gasteiger charge is 2.43. The molecular formula is C15H26O. The Morgan fingerprint density at radius 2 is 1.88 bits per heavy atom. The standard InChI is InChI=1S/C15H26O/c1-10-6-5-7-11-8-12(15(2,3)4)9-13(16)14(10)11/h10-12,14H,5-9H2,1-4H3/t10-,11-,12-,14+/m1/s1. The Morgan fingerprint density at radius 3 is 2.50 bits per heavy atom. The van der Waals surface area contributed by atoms with E-state index in [9.17, 15) is 4.79 Å². The minimum atomic E-state index is 0.307. The number of fused-ring (bicyclic) bond motifs is 1. The number of Topliss-reactive ketones (excluding diaryl/α,β-unsaturated/α-hetero) is 1. The maximum Gasteiger partial charge on any atom is 0.136 e. The van der Waals surface area contributed by atoms with Crippen molar-refractivity contribution >= 4 is 5.78 Å². The molecule has 0 heterocycles. The first-order valence-electron chi connectivity index (χ1n) is 6.92. The van der Waals surface area contributed by atoms with Gasteiger partial charge in [-0.1, -0.05) is 40.5 Å². The topological polar surface area (TPSA) is 17.1 Å². The molecule has 0 saturated heterocycles. The first-order chi connectivity index (χ1) is 7.39. The highest BCUT2D eigenvalue weighted by Crippen LogP contribution is 2.48. The van der Waals surface area contributed by atoms with E-state index in [1.807, 2.05) is 0 Å². The van der Waals surface area contributed by atoms with Crippen LogP contribution in [0.3, 0.4) is 0 Å². The summed E-state index contributed by atoms with van der Waals surface area (Å²) >= 11 is 0. The van der Waals surface area contributed by atoms with Crippen molar-refractivity contribution in [2.24, 2.45) is 29.1 Å². The lowest BCUT2D eigenvalue weighted by atomic mass is 9.59. The minimum Gasteiger partial charge on any atom is -0.299 e. The zero-order valence-corrected chi connectivity index (χ0v) is 11.3. The van der Waals surface area contributed by atoms with Crippen LogP contribution in [0.4, 0.5) is 0 Å². The van der Waals surface area contributed by atoms with Crippen LogP contribution in [0.2, 0.25) is 0 Å². The van der Waals surface area contributed by atoms with E-state index in [0.717, 1.165) is 6.42 Å². The molecule has 1 heteroatoms. The van der Waals surface area contributed by atoms with Gasteiger partial charge >= 0.3 is 0 Å². The molecule has 0 bridgehead atoms. The van der Waals surface area contributed by atoms with Crippen molar-refractivity contribution in [2.45, 2.75) is 59.8 Å². The molecule has 0 aliphatic heterocycles. The fraction of sp³-hybridized carbons (Fsp3) is 0.933. The summed E-state index contributed by atoms with van der Waals surface area (Å²) in [5, 5.41) is 0. The van der Waals surface area contributed by atoms with Crippen molar-refractivity contribution in [3.8, 4) is 0 Å². The molecule has 2 saturated carbocycles. The number of ketones is 1. The number of rotatable bonds is 0. The van der Waals surface area contributed by atoms with Crippen LogP contribution in [-0.4, -0.2) is 5.78 Å². The lowest BCUT2D eigenvalue weighted by Crippen LogP contribution is -2.42. The summed E-state index contributed by atoms with van der Waals surface area (Å²) in [6.45, 7) is 9.15. The molecule has 0 amide bonds. The summed E-state index contributed by atoms with van der Waals surface area (Å²) in [6.07, 6.45) is 6.05. The molecule has 0 spiro atoms. The van der Waals surface area contributed by atoms with Crippen LogP contribution < -0.4 is 0 Å². The maximum atomic E-state index is 12.3. The lowest BCUT2D eigenvalue weighted by Gasteiger charge is -2.45. The molecule has 0 radical (unpaired) electrons. The van der Waals surface area contributed by atoms with Crippen LogP contribution in [0.25, 0.3) is 0 Å². The maximum absolute atomic E-state index is 12.3. The fourth-order valence-corrected chi connectivity index (χ4v) is 3.86. The monoisotopic (exact) mass is 222 g/mol. The molecule has 92 valence electrons. The molecule has 0 N–H and O–H groups in total. The summed E-state index contributed by atoms with van der Waals surface area (Å²) in [7, 11) is 0. The third-order valence-electron chi connectivity index (χ3n) is 4.99. The van der Waals surface area contributed by atoms with Gasteiger partial charge in [0, 0.05) is 12.3 Å². The van der Waals surface area contributed by atoms with Crippen molar-refractivity contribution in [1.82, 2.24) is 0 Å². The van der Waals surface area contributed by atoms with Gasteiger partial charge in [-0.2, -0.15) is 0 Å². The molecular weight excluding hydrogens is 196 g/mol. The van der Waals surface area contributed by atoms with E-state index in [1.54, 1.807) is 0 Å². The molecule has 2 fully saturated rings. The molecule has 0 aromatic rings. The quantitative estimate of drug-likeness (QED) is 0.604. The third-order valence-corrected chi connectivity index (χ3v) is 4.99. The Kier molecular flexibility index (Phi) is 3.16. The summed E-state index contributed by atoms with van der Waals surface area (Å²) < 4.78 is 0. The lowest BCUT2D eigenvalue weighted by molar-refractivity contribution is -0.134. The van der Waals surface area contributed by atoms with Crippen molar-refractivity contribution < 1.29 is 4.79 Å². The first-order valence-corrected chi connectivity index (χ1v) is 6.92. The second-order valence-corrected chi connectivity index (χ2v) is 7.16. The highest BCUT2D eigenvalue weighted by molar-refractivity contribution is 5.82. The van der Waals surface area contributed by atoms with E-state index >= 15 is 0 Å².